The third kappa shape index (κ3) is 2.18. The zero-order valence-electron chi connectivity index (χ0n) is 14.6. The molecule has 2 heterocycles. The zero-order valence-corrected chi connectivity index (χ0v) is 14.6. The molecule has 1 N–H and O–H groups in total. The van der Waals surface area contributed by atoms with Gasteiger partial charge in [-0.2, -0.15) is 5.10 Å². The number of benzene rings is 1. The maximum Gasteiger partial charge on any atom is 0.495 e. The second-order valence-electron chi connectivity index (χ2n) is 7.55. The molecule has 0 bridgehead atoms. The van der Waals surface area contributed by atoms with Crippen LogP contribution in [0.5, 0.6) is 0 Å². The van der Waals surface area contributed by atoms with Crippen molar-refractivity contribution >= 4 is 23.5 Å². The quantitative estimate of drug-likeness (QED) is 0.866. The maximum absolute atomic E-state index is 6.31. The third-order valence-electron chi connectivity index (χ3n) is 5.09. The number of H-pyrrole nitrogens is 1. The molecule has 0 aliphatic carbocycles. The van der Waals surface area contributed by atoms with Crippen LogP contribution in [0.4, 0.5) is 0 Å². The first kappa shape index (κ1) is 15.6. The Bertz CT molecular complexity index is 703. The van der Waals surface area contributed by atoms with Crippen molar-refractivity contribution in [3.63, 3.8) is 0 Å². The molecule has 5 heteroatoms. The summed E-state index contributed by atoms with van der Waals surface area (Å²) in [6, 6.07) is 4.22. The Hall–Kier alpha value is -1.33. The number of hydrogen-bond acceptors (Lipinski definition) is 3. The summed E-state index contributed by atoms with van der Waals surface area (Å²) in [6.07, 6.45) is 0. The van der Waals surface area contributed by atoms with E-state index in [1.54, 1.807) is 0 Å². The van der Waals surface area contributed by atoms with E-state index in [4.69, 9.17) is 9.31 Å². The molecule has 0 amide bonds. The summed E-state index contributed by atoms with van der Waals surface area (Å²) >= 11 is 0. The molecule has 1 aliphatic rings. The second kappa shape index (κ2) is 4.83. The van der Waals surface area contributed by atoms with Crippen LogP contribution in [0.15, 0.2) is 12.1 Å². The topological polar surface area (TPSA) is 47.1 Å². The van der Waals surface area contributed by atoms with Crippen LogP contribution in [0.1, 0.15) is 58.7 Å². The predicted molar refractivity (Wildman–Crippen MR) is 90.6 cm³/mol. The van der Waals surface area contributed by atoms with Crippen LogP contribution in [0.2, 0.25) is 0 Å². The monoisotopic (exact) mass is 300 g/mol. The molecule has 2 aromatic rings. The van der Waals surface area contributed by atoms with Crippen LogP contribution in [-0.2, 0) is 9.31 Å². The van der Waals surface area contributed by atoms with Gasteiger partial charge in [0.05, 0.1) is 16.7 Å². The van der Waals surface area contributed by atoms with E-state index in [0.717, 1.165) is 22.1 Å². The number of aromatic nitrogens is 2. The zero-order chi connectivity index (χ0) is 16.3. The predicted octanol–water partition coefficient (Wildman–Crippen LogP) is 3.29. The Morgan fingerprint density at radius 3 is 2.23 bits per heavy atom. The highest BCUT2D eigenvalue weighted by atomic mass is 16.7. The Kier molecular flexibility index (Phi) is 3.42. The highest BCUT2D eigenvalue weighted by Gasteiger charge is 2.52. The number of rotatable bonds is 2. The van der Waals surface area contributed by atoms with Gasteiger partial charge in [-0.15, -0.1) is 0 Å². The first-order valence-electron chi connectivity index (χ1n) is 7.97. The van der Waals surface area contributed by atoms with E-state index in [9.17, 15) is 0 Å². The first-order chi connectivity index (χ1) is 10.1. The normalized spacial score (nSPS) is 20.3. The van der Waals surface area contributed by atoms with Gasteiger partial charge in [-0.25, -0.2) is 0 Å². The molecule has 0 saturated carbocycles. The molecule has 0 atom stereocenters. The van der Waals surface area contributed by atoms with Crippen molar-refractivity contribution in [2.24, 2.45) is 0 Å². The van der Waals surface area contributed by atoms with Gasteiger partial charge >= 0.3 is 7.12 Å². The smallest absolute Gasteiger partial charge is 0.399 e. The van der Waals surface area contributed by atoms with Crippen molar-refractivity contribution < 1.29 is 9.31 Å². The molecule has 1 fully saturated rings. The minimum atomic E-state index is -0.359. The Labute approximate surface area is 132 Å². The molecule has 118 valence electrons. The van der Waals surface area contributed by atoms with Crippen molar-refractivity contribution in [2.45, 2.75) is 65.6 Å². The molecule has 1 saturated heterocycles. The lowest BCUT2D eigenvalue weighted by atomic mass is 9.71. The third-order valence-corrected chi connectivity index (χ3v) is 5.09. The number of fused-ring (bicyclic) bond motifs is 1. The van der Waals surface area contributed by atoms with Gasteiger partial charge in [0, 0.05) is 11.1 Å². The average Bonchev–Trinajstić information content (AvgIpc) is 2.87. The molecule has 3 rings (SSSR count). The number of aromatic amines is 1. The minimum Gasteiger partial charge on any atom is -0.399 e. The van der Waals surface area contributed by atoms with E-state index in [0.29, 0.717) is 5.92 Å². The fourth-order valence-electron chi connectivity index (χ4n) is 3.03. The van der Waals surface area contributed by atoms with Crippen LogP contribution < -0.4 is 5.46 Å². The summed E-state index contributed by atoms with van der Waals surface area (Å²) in [4.78, 5) is 0. The lowest BCUT2D eigenvalue weighted by Crippen LogP contribution is -2.41. The standard InChI is InChI=1S/C17H25BN2O2/c1-10(2)12-8-9-13-14(11(3)19-20-13)15(12)18-21-16(4,5)17(6,7)22-18/h8-10H,1-7H3,(H,19,20). The summed E-state index contributed by atoms with van der Waals surface area (Å²) in [5, 5.41) is 8.60. The molecule has 1 aromatic heterocycles. The summed E-state index contributed by atoms with van der Waals surface area (Å²) in [5.74, 6) is 0.396. The summed E-state index contributed by atoms with van der Waals surface area (Å²) in [5.41, 5.74) is 3.72. The maximum atomic E-state index is 6.31. The second-order valence-corrected chi connectivity index (χ2v) is 7.55. The first-order valence-corrected chi connectivity index (χ1v) is 7.97. The number of nitrogens with zero attached hydrogens (tertiary/aromatic N) is 1. The average molecular weight is 300 g/mol. The molecular weight excluding hydrogens is 275 g/mol. The van der Waals surface area contributed by atoms with Crippen LogP contribution >= 0.6 is 0 Å². The Balaban J connectivity index is 2.21. The van der Waals surface area contributed by atoms with Crippen LogP contribution in [0.3, 0.4) is 0 Å². The van der Waals surface area contributed by atoms with Crippen LogP contribution in [-0.4, -0.2) is 28.5 Å². The summed E-state index contributed by atoms with van der Waals surface area (Å²) in [7, 11) is -0.359. The highest BCUT2D eigenvalue weighted by molar-refractivity contribution is 6.65. The van der Waals surface area contributed by atoms with Gasteiger partial charge in [0.15, 0.2) is 0 Å². The Morgan fingerprint density at radius 1 is 1.09 bits per heavy atom. The van der Waals surface area contributed by atoms with Crippen molar-refractivity contribution in [3.8, 4) is 0 Å². The molecular formula is C17H25BN2O2. The molecule has 22 heavy (non-hydrogen) atoms. The molecule has 1 aliphatic heterocycles. The van der Waals surface area contributed by atoms with Gasteiger partial charge in [0.2, 0.25) is 0 Å². The largest absolute Gasteiger partial charge is 0.495 e. The minimum absolute atomic E-state index is 0.342. The van der Waals surface area contributed by atoms with Crippen molar-refractivity contribution in [1.29, 1.82) is 0 Å². The van der Waals surface area contributed by atoms with Crippen molar-refractivity contribution in [1.82, 2.24) is 10.2 Å². The SMILES string of the molecule is Cc1[nH]nc2ccc(C(C)C)c(B3OC(C)(C)C(C)(C)O3)c12. The van der Waals surface area contributed by atoms with Gasteiger partial charge < -0.3 is 9.31 Å². The molecule has 0 spiro atoms. The molecule has 4 nitrogen and oxygen atoms in total. The number of aryl methyl sites for hydroxylation is 1. The summed E-state index contributed by atoms with van der Waals surface area (Å²) < 4.78 is 12.6. The van der Waals surface area contributed by atoms with Crippen molar-refractivity contribution in [2.75, 3.05) is 0 Å². The van der Waals surface area contributed by atoms with E-state index < -0.39 is 0 Å². The molecule has 1 aromatic carbocycles. The van der Waals surface area contributed by atoms with E-state index in [1.807, 2.05) is 6.92 Å². The van der Waals surface area contributed by atoms with E-state index in [2.05, 4.69) is 63.9 Å². The van der Waals surface area contributed by atoms with E-state index >= 15 is 0 Å². The highest BCUT2D eigenvalue weighted by Crippen LogP contribution is 2.38. The summed E-state index contributed by atoms with van der Waals surface area (Å²) in [6.45, 7) is 14.8. The molecule has 0 unspecified atom stereocenters. The van der Waals surface area contributed by atoms with E-state index in [1.165, 1.54) is 5.56 Å². The van der Waals surface area contributed by atoms with Gasteiger partial charge in [-0.05, 0) is 57.6 Å². The van der Waals surface area contributed by atoms with Gasteiger partial charge in [0.25, 0.3) is 0 Å². The number of hydrogen-bond donors (Lipinski definition) is 1. The van der Waals surface area contributed by atoms with Crippen molar-refractivity contribution in [3.05, 3.63) is 23.4 Å². The number of nitrogens with one attached hydrogen (secondary N) is 1. The van der Waals surface area contributed by atoms with Gasteiger partial charge in [-0.1, -0.05) is 19.9 Å². The van der Waals surface area contributed by atoms with Gasteiger partial charge in [0.1, 0.15) is 0 Å². The lowest BCUT2D eigenvalue weighted by molar-refractivity contribution is 0.00578. The Morgan fingerprint density at radius 2 is 1.68 bits per heavy atom. The van der Waals surface area contributed by atoms with Gasteiger partial charge in [-0.3, -0.25) is 5.10 Å². The lowest BCUT2D eigenvalue weighted by Gasteiger charge is -2.32. The fraction of sp³-hybridized carbons (Fsp3) is 0.588. The van der Waals surface area contributed by atoms with E-state index in [-0.39, 0.29) is 18.3 Å². The van der Waals surface area contributed by atoms with Crippen LogP contribution in [0.25, 0.3) is 10.9 Å². The fourth-order valence-corrected chi connectivity index (χ4v) is 3.03. The van der Waals surface area contributed by atoms with Crippen LogP contribution in [0, 0.1) is 6.92 Å². The molecule has 0 radical (unpaired) electrons.